The Morgan fingerprint density at radius 3 is 1.25 bits per heavy atom. The van der Waals surface area contributed by atoms with Crippen molar-refractivity contribution in [2.24, 2.45) is 0 Å². The van der Waals surface area contributed by atoms with Crippen LogP contribution in [0.15, 0.2) is 163 Å². The number of halogens is 3. The molecular weight excluding hydrogens is 1090 g/mol. The fourth-order valence-electron chi connectivity index (χ4n) is 4.88. The van der Waals surface area contributed by atoms with Gasteiger partial charge in [-0.05, 0) is 75.5 Å². The van der Waals surface area contributed by atoms with E-state index in [4.69, 9.17) is 15.1 Å². The second-order valence-electron chi connectivity index (χ2n) is 10.1. The minimum Gasteiger partial charge on any atom is -0.265 e. The smallest absolute Gasteiger partial charge is 0.101 e. The summed E-state index contributed by atoms with van der Waals surface area (Å²) in [7, 11) is -0.754. The first-order valence-corrected chi connectivity index (χ1v) is 30.6. The molecule has 0 amide bonds. The number of rotatable bonds is 4. The van der Waals surface area contributed by atoms with Crippen LogP contribution in [0.4, 0.5) is 0 Å². The molecular formula is C48H64BBrI2N6O2V. The largest absolute Gasteiger partial charge is 0.265 e. The van der Waals surface area contributed by atoms with E-state index in [0.29, 0.717) is 14.9 Å². The van der Waals surface area contributed by atoms with Crippen LogP contribution in [0, 0.1) is 0 Å². The molecule has 0 spiro atoms. The number of benzene rings is 2. The van der Waals surface area contributed by atoms with E-state index in [2.05, 4.69) is 101 Å². The Morgan fingerprint density at radius 1 is 0.475 bits per heavy atom. The van der Waals surface area contributed by atoms with Crippen molar-refractivity contribution >= 4 is 79.5 Å². The normalized spacial score (nSPS) is 8.74. The standard InChI is InChI=1S/C18H13N3.C13H9BrN2.C5H6BNO2.6C2H6.2HI.V/c1-2-6-15(7-3-1)18-17(14-9-11-19-12-10-14)16-8-4-5-13-21(16)20-18;14-12-11-8-4-5-9-16(11)15-13(12)10-6-2-1-3-7-10;8-6(9)5-1-3-7-4-2-5;6*1-2;;;/h1-13H;1-9H;1-4,8-9H;6*1-2H3;2*1H;/q;;;;;;;;;;;+2/p-2. The van der Waals surface area contributed by atoms with Crippen LogP contribution in [0.25, 0.3) is 44.7 Å². The van der Waals surface area contributed by atoms with Crippen LogP contribution >= 0.6 is 55.9 Å². The third-order valence-corrected chi connectivity index (χ3v) is 7.87. The van der Waals surface area contributed by atoms with E-state index in [0.717, 1.165) is 49.1 Å². The van der Waals surface area contributed by atoms with Gasteiger partial charge in [0.1, 0.15) is 11.4 Å². The molecule has 0 unspecified atom stereocenters. The van der Waals surface area contributed by atoms with E-state index in [-0.39, 0.29) is 0 Å². The molecule has 2 aromatic carbocycles. The van der Waals surface area contributed by atoms with E-state index in [1.54, 1.807) is 12.1 Å². The van der Waals surface area contributed by atoms with Gasteiger partial charge in [0.15, 0.2) is 0 Å². The van der Waals surface area contributed by atoms with Crippen molar-refractivity contribution in [2.75, 3.05) is 0 Å². The molecule has 8 nitrogen and oxygen atoms in total. The number of hydrogen-bond donors (Lipinski definition) is 2. The maximum absolute atomic E-state index is 8.55. The predicted octanol–water partition coefficient (Wildman–Crippen LogP) is 14.5. The van der Waals surface area contributed by atoms with Gasteiger partial charge in [-0.1, -0.05) is 156 Å². The first kappa shape index (κ1) is 59.7. The van der Waals surface area contributed by atoms with E-state index in [1.807, 2.05) is 196 Å². The summed E-state index contributed by atoms with van der Waals surface area (Å²) < 4.78 is 4.85. The molecule has 8 rings (SSSR count). The summed E-state index contributed by atoms with van der Waals surface area (Å²) in [6.07, 6.45) is 10.6. The van der Waals surface area contributed by atoms with Crippen molar-refractivity contribution in [3.05, 3.63) is 163 Å². The zero-order valence-corrected chi connectivity index (χ0v) is 45.0. The third kappa shape index (κ3) is 20.6. The minimum atomic E-state index is -1.38. The van der Waals surface area contributed by atoms with Gasteiger partial charge >= 0.3 is 56.5 Å². The minimum absolute atomic E-state index is 0.463. The maximum Gasteiger partial charge on any atom is 0.101 e. The maximum atomic E-state index is 8.55. The summed E-state index contributed by atoms with van der Waals surface area (Å²) >= 11 is 8.34. The van der Waals surface area contributed by atoms with E-state index < -0.39 is 7.12 Å². The fraction of sp³-hybridized carbons (Fsp3) is 0.250. The summed E-state index contributed by atoms with van der Waals surface area (Å²) in [6.45, 7) is 24.0. The van der Waals surface area contributed by atoms with Gasteiger partial charge in [0.25, 0.3) is 0 Å². The van der Waals surface area contributed by atoms with Crippen LogP contribution in [0.5, 0.6) is 0 Å². The molecule has 327 valence electrons. The van der Waals surface area contributed by atoms with Gasteiger partial charge in [0.2, 0.25) is 0 Å². The monoisotopic (exact) mass is 1150 g/mol. The van der Waals surface area contributed by atoms with E-state index in [9.17, 15) is 0 Å². The summed E-state index contributed by atoms with van der Waals surface area (Å²) in [5.41, 5.74) is 9.13. The molecule has 2 N–H and O–H groups in total. The van der Waals surface area contributed by atoms with Gasteiger partial charge in [0.05, 0.1) is 15.5 Å². The summed E-state index contributed by atoms with van der Waals surface area (Å²) in [5, 5.41) is 26.4. The van der Waals surface area contributed by atoms with Crippen molar-refractivity contribution in [2.45, 2.75) is 83.1 Å². The quantitative estimate of drug-likeness (QED) is 0.134. The van der Waals surface area contributed by atoms with E-state index >= 15 is 0 Å². The van der Waals surface area contributed by atoms with Crippen LogP contribution < -0.4 is 5.46 Å². The Labute approximate surface area is 404 Å². The zero-order chi connectivity index (χ0) is 46.4. The van der Waals surface area contributed by atoms with Crippen LogP contribution in [0.3, 0.4) is 0 Å². The summed E-state index contributed by atoms with van der Waals surface area (Å²) in [4.78, 5) is 7.82. The Balaban J connectivity index is 0. The average Bonchev–Trinajstić information content (AvgIpc) is 3.92. The first-order chi connectivity index (χ1) is 30.0. The van der Waals surface area contributed by atoms with Gasteiger partial charge < -0.3 is 10.0 Å². The van der Waals surface area contributed by atoms with Crippen LogP contribution in [0.2, 0.25) is 0 Å². The molecule has 0 radical (unpaired) electrons. The third-order valence-electron chi connectivity index (χ3n) is 7.09. The number of aromatic nitrogens is 6. The number of nitrogens with zero attached hydrogens (tertiary/aromatic N) is 6. The second kappa shape index (κ2) is 39.5. The molecule has 6 aromatic heterocycles. The van der Waals surface area contributed by atoms with Crippen molar-refractivity contribution in [1.29, 1.82) is 0 Å². The zero-order valence-electron chi connectivity index (χ0n) is 37.7. The molecule has 8 aromatic rings. The molecule has 61 heavy (non-hydrogen) atoms. The Bertz CT molecular complexity index is 2180. The average molecular weight is 1150 g/mol. The second-order valence-corrected chi connectivity index (χ2v) is 22.7. The van der Waals surface area contributed by atoms with Crippen molar-refractivity contribution < 1.29 is 19.5 Å². The molecule has 0 saturated heterocycles. The predicted molar refractivity (Wildman–Crippen MR) is 282 cm³/mol. The van der Waals surface area contributed by atoms with Gasteiger partial charge in [-0.15, -0.1) is 0 Å². The molecule has 0 bridgehead atoms. The number of fused-ring (bicyclic) bond motifs is 2. The molecule has 6 heterocycles. The van der Waals surface area contributed by atoms with Crippen LogP contribution in [-0.2, 0) is 9.47 Å². The molecule has 0 aliphatic heterocycles. The SMILES string of the molecule is Brc1c(-c2ccccc2)nn2ccccc12.CC.CC.CC.CC.CC.CC.OB(O)c1ccncc1.[I][V][I].c1ccc(-c2nn3ccccc3c2-c2ccncc2)cc1. The summed E-state index contributed by atoms with van der Waals surface area (Å²) in [6, 6.07) is 39.7. The Morgan fingerprint density at radius 2 is 0.836 bits per heavy atom. The van der Waals surface area contributed by atoms with Gasteiger partial charge in [0, 0.05) is 53.9 Å². The number of pyridine rings is 4. The van der Waals surface area contributed by atoms with Gasteiger partial charge in [-0.25, -0.2) is 9.03 Å². The van der Waals surface area contributed by atoms with Crippen LogP contribution in [0.1, 0.15) is 83.1 Å². The molecule has 0 aliphatic rings. The van der Waals surface area contributed by atoms with E-state index in [1.165, 1.54) is 12.4 Å². The molecule has 0 aliphatic carbocycles. The molecule has 13 heteroatoms. The first-order valence-electron chi connectivity index (χ1n) is 20.8. The molecule has 0 saturated carbocycles. The molecule has 0 fully saturated rings. The fourth-order valence-corrected chi connectivity index (χ4v) is 5.51. The Kier molecular flexibility index (Phi) is 38.6. The molecule has 0 atom stereocenters. The summed E-state index contributed by atoms with van der Waals surface area (Å²) in [5.74, 6) is 0. The van der Waals surface area contributed by atoms with Crippen molar-refractivity contribution in [3.8, 4) is 33.6 Å². The topological polar surface area (TPSA) is 101 Å². The van der Waals surface area contributed by atoms with Gasteiger partial charge in [-0.2, -0.15) is 10.2 Å². The van der Waals surface area contributed by atoms with Crippen LogP contribution in [-0.4, -0.2) is 46.4 Å². The van der Waals surface area contributed by atoms with Crippen molar-refractivity contribution in [3.63, 3.8) is 0 Å². The Hall–Kier alpha value is -3.37. The van der Waals surface area contributed by atoms with Gasteiger partial charge in [-0.3, -0.25) is 9.97 Å². The number of hydrogen-bond acceptors (Lipinski definition) is 6. The van der Waals surface area contributed by atoms with Crippen molar-refractivity contribution in [1.82, 2.24) is 29.2 Å².